The average Bonchev–Trinajstić information content (AvgIpc) is 3.24. The Kier molecular flexibility index (Phi) is 3.78. The number of rotatable bonds is 3. The second kappa shape index (κ2) is 5.95. The minimum atomic E-state index is -0.445. The van der Waals surface area contributed by atoms with Crippen molar-refractivity contribution in [2.45, 2.75) is 37.5 Å². The number of hydrogen-bond donors (Lipinski definition) is 0. The van der Waals surface area contributed by atoms with Crippen LogP contribution in [-0.4, -0.2) is 38.7 Å². The van der Waals surface area contributed by atoms with Crippen LogP contribution in [0.15, 0.2) is 30.6 Å². The van der Waals surface area contributed by atoms with Gasteiger partial charge >= 0.3 is 5.69 Å². The number of nitro groups is 1. The molecule has 0 aromatic carbocycles. The summed E-state index contributed by atoms with van der Waals surface area (Å²) >= 11 is 0. The molecule has 4 rings (SSSR count). The highest BCUT2D eigenvalue weighted by Crippen LogP contribution is 2.41. The molecular weight excluding hydrogens is 312 g/mol. The molecule has 0 amide bonds. The van der Waals surface area contributed by atoms with Crippen molar-refractivity contribution in [2.75, 3.05) is 13.2 Å². The van der Waals surface area contributed by atoms with E-state index in [0.717, 1.165) is 25.7 Å². The van der Waals surface area contributed by atoms with Gasteiger partial charge in [-0.2, -0.15) is 5.10 Å². The van der Waals surface area contributed by atoms with Crippen LogP contribution in [0.3, 0.4) is 0 Å². The van der Waals surface area contributed by atoms with Crippen molar-refractivity contribution < 1.29 is 14.4 Å². The minimum Gasteiger partial charge on any atom is -0.348 e. The molecule has 8 nitrogen and oxygen atoms in total. The Morgan fingerprint density at radius 2 is 2.00 bits per heavy atom. The quantitative estimate of drug-likeness (QED) is 0.634. The molecular formula is C16H18N4O4. The SMILES string of the molecule is O=[N+]([O-])c1cn(C2CCC3(CC2)OCCO3)nc1-c1ccccn1. The summed E-state index contributed by atoms with van der Waals surface area (Å²) in [5.41, 5.74) is 0.814. The number of nitrogens with zero attached hydrogens (tertiary/aromatic N) is 4. The van der Waals surface area contributed by atoms with Crippen LogP contribution in [0.2, 0.25) is 0 Å². The lowest BCUT2D eigenvalue weighted by Crippen LogP contribution is -2.35. The summed E-state index contributed by atoms with van der Waals surface area (Å²) in [6.45, 7) is 1.28. The first-order valence-corrected chi connectivity index (χ1v) is 8.10. The van der Waals surface area contributed by atoms with Crippen LogP contribution >= 0.6 is 0 Å². The third-order valence-electron chi connectivity index (χ3n) is 4.72. The molecule has 1 aliphatic heterocycles. The fraction of sp³-hybridized carbons (Fsp3) is 0.500. The molecule has 1 spiro atoms. The summed E-state index contributed by atoms with van der Waals surface area (Å²) in [6, 6.07) is 5.41. The van der Waals surface area contributed by atoms with Gasteiger partial charge in [0.2, 0.25) is 0 Å². The molecule has 0 N–H and O–H groups in total. The second-order valence-corrected chi connectivity index (χ2v) is 6.15. The molecule has 1 saturated heterocycles. The van der Waals surface area contributed by atoms with Crippen LogP contribution in [0, 0.1) is 10.1 Å². The van der Waals surface area contributed by atoms with E-state index in [4.69, 9.17) is 9.47 Å². The van der Waals surface area contributed by atoms with E-state index in [1.807, 2.05) is 0 Å². The predicted octanol–water partition coefficient (Wildman–Crippen LogP) is 2.71. The molecule has 0 atom stereocenters. The molecule has 126 valence electrons. The third kappa shape index (κ3) is 2.67. The van der Waals surface area contributed by atoms with E-state index >= 15 is 0 Å². The van der Waals surface area contributed by atoms with Gasteiger partial charge in [0.15, 0.2) is 11.5 Å². The fourth-order valence-corrected chi connectivity index (χ4v) is 3.48. The van der Waals surface area contributed by atoms with E-state index in [9.17, 15) is 10.1 Å². The van der Waals surface area contributed by atoms with E-state index in [1.54, 1.807) is 29.1 Å². The number of pyridine rings is 1. The molecule has 0 bridgehead atoms. The molecule has 3 heterocycles. The summed E-state index contributed by atoms with van der Waals surface area (Å²) < 4.78 is 13.2. The lowest BCUT2D eigenvalue weighted by molar-refractivity contribution is -0.384. The van der Waals surface area contributed by atoms with Crippen molar-refractivity contribution in [3.05, 3.63) is 40.7 Å². The highest BCUT2D eigenvalue weighted by atomic mass is 16.7. The zero-order chi connectivity index (χ0) is 16.6. The summed E-state index contributed by atoms with van der Waals surface area (Å²) in [5, 5.41) is 15.9. The van der Waals surface area contributed by atoms with Crippen molar-refractivity contribution in [1.82, 2.24) is 14.8 Å². The van der Waals surface area contributed by atoms with Crippen LogP contribution in [0.4, 0.5) is 5.69 Å². The van der Waals surface area contributed by atoms with Crippen LogP contribution in [0.25, 0.3) is 11.4 Å². The van der Waals surface area contributed by atoms with E-state index in [-0.39, 0.29) is 11.7 Å². The minimum absolute atomic E-state index is 0.0117. The summed E-state index contributed by atoms with van der Waals surface area (Å²) in [6.07, 6.45) is 6.33. The summed E-state index contributed by atoms with van der Waals surface area (Å²) in [5.74, 6) is -0.445. The van der Waals surface area contributed by atoms with Crippen molar-refractivity contribution in [2.24, 2.45) is 0 Å². The van der Waals surface area contributed by atoms with E-state index in [0.29, 0.717) is 24.6 Å². The van der Waals surface area contributed by atoms with Gasteiger partial charge in [-0.15, -0.1) is 0 Å². The Morgan fingerprint density at radius 1 is 1.25 bits per heavy atom. The molecule has 24 heavy (non-hydrogen) atoms. The molecule has 0 unspecified atom stereocenters. The monoisotopic (exact) mass is 330 g/mol. The smallest absolute Gasteiger partial charge is 0.316 e. The summed E-state index contributed by atoms with van der Waals surface area (Å²) in [7, 11) is 0. The Balaban J connectivity index is 1.59. The van der Waals surface area contributed by atoms with Gasteiger partial charge in [0.25, 0.3) is 0 Å². The van der Waals surface area contributed by atoms with Gasteiger partial charge in [-0.1, -0.05) is 6.07 Å². The number of aromatic nitrogens is 3. The van der Waals surface area contributed by atoms with Gasteiger partial charge < -0.3 is 9.47 Å². The van der Waals surface area contributed by atoms with Gasteiger partial charge in [-0.3, -0.25) is 19.8 Å². The van der Waals surface area contributed by atoms with Crippen LogP contribution < -0.4 is 0 Å². The first-order valence-electron chi connectivity index (χ1n) is 8.10. The maximum absolute atomic E-state index is 11.4. The van der Waals surface area contributed by atoms with Crippen molar-refractivity contribution in [1.29, 1.82) is 0 Å². The normalized spacial score (nSPS) is 20.5. The van der Waals surface area contributed by atoms with Gasteiger partial charge in [0.05, 0.1) is 29.9 Å². The number of ether oxygens (including phenoxy) is 2. The maximum Gasteiger partial charge on any atom is 0.316 e. The highest BCUT2D eigenvalue weighted by molar-refractivity contribution is 5.65. The Morgan fingerprint density at radius 3 is 2.62 bits per heavy atom. The van der Waals surface area contributed by atoms with Gasteiger partial charge in [0, 0.05) is 19.0 Å². The van der Waals surface area contributed by atoms with Crippen LogP contribution in [-0.2, 0) is 9.47 Å². The van der Waals surface area contributed by atoms with Gasteiger partial charge in [-0.25, -0.2) is 0 Å². The van der Waals surface area contributed by atoms with Crippen LogP contribution in [0.5, 0.6) is 0 Å². The molecule has 2 aromatic heterocycles. The zero-order valence-corrected chi connectivity index (χ0v) is 13.1. The molecule has 1 saturated carbocycles. The van der Waals surface area contributed by atoms with Gasteiger partial charge in [0.1, 0.15) is 6.20 Å². The topological polar surface area (TPSA) is 92.3 Å². The lowest BCUT2D eigenvalue weighted by Gasteiger charge is -2.35. The average molecular weight is 330 g/mol. The first-order chi connectivity index (χ1) is 11.7. The predicted molar refractivity (Wildman–Crippen MR) is 84.3 cm³/mol. The lowest BCUT2D eigenvalue weighted by atomic mass is 9.90. The Labute approximate surface area is 138 Å². The highest BCUT2D eigenvalue weighted by Gasteiger charge is 2.41. The van der Waals surface area contributed by atoms with E-state index in [2.05, 4.69) is 10.1 Å². The standard InChI is InChI=1S/C16H18N4O4/c21-20(22)14-11-19(18-15(14)13-3-1-2-8-17-13)12-4-6-16(7-5-12)23-9-10-24-16/h1-3,8,11-12H,4-7,9-10H2. The van der Waals surface area contributed by atoms with Crippen molar-refractivity contribution in [3.63, 3.8) is 0 Å². The molecule has 2 aromatic rings. The number of hydrogen-bond acceptors (Lipinski definition) is 6. The molecule has 2 aliphatic rings. The Hall–Kier alpha value is -2.32. The van der Waals surface area contributed by atoms with Crippen molar-refractivity contribution >= 4 is 5.69 Å². The summed E-state index contributed by atoms with van der Waals surface area (Å²) in [4.78, 5) is 15.2. The molecule has 8 heteroatoms. The van der Waals surface area contributed by atoms with Gasteiger partial charge in [-0.05, 0) is 25.0 Å². The zero-order valence-electron chi connectivity index (χ0n) is 13.1. The molecule has 1 aliphatic carbocycles. The fourth-order valence-electron chi connectivity index (χ4n) is 3.48. The second-order valence-electron chi connectivity index (χ2n) is 6.15. The maximum atomic E-state index is 11.4. The van der Waals surface area contributed by atoms with Crippen LogP contribution in [0.1, 0.15) is 31.7 Å². The Bertz CT molecular complexity index is 730. The van der Waals surface area contributed by atoms with E-state index in [1.165, 1.54) is 6.20 Å². The van der Waals surface area contributed by atoms with Crippen molar-refractivity contribution in [3.8, 4) is 11.4 Å². The first kappa shape index (κ1) is 15.2. The third-order valence-corrected chi connectivity index (χ3v) is 4.72. The van der Waals surface area contributed by atoms with E-state index < -0.39 is 10.7 Å². The largest absolute Gasteiger partial charge is 0.348 e. The molecule has 0 radical (unpaired) electrons. The molecule has 2 fully saturated rings.